The number of rotatable bonds is 7. The molecule has 3 aliphatic rings. The molecule has 2 bridgehead atoms. The zero-order valence-electron chi connectivity index (χ0n) is 22.1. The summed E-state index contributed by atoms with van der Waals surface area (Å²) < 4.78 is 13.1. The van der Waals surface area contributed by atoms with Gasteiger partial charge in [0, 0.05) is 41.4 Å². The second-order valence-corrected chi connectivity index (χ2v) is 11.6. The molecule has 2 saturated carbocycles. The molecule has 0 amide bonds. The van der Waals surface area contributed by atoms with E-state index in [0.29, 0.717) is 34.6 Å². The van der Waals surface area contributed by atoms with Crippen LogP contribution in [-0.2, 0) is 15.1 Å². The van der Waals surface area contributed by atoms with Crippen molar-refractivity contribution in [3.05, 3.63) is 102 Å². The third-order valence-electron chi connectivity index (χ3n) is 8.96. The Bertz CT molecular complexity index is 1300. The van der Waals surface area contributed by atoms with Crippen molar-refractivity contribution in [2.24, 2.45) is 11.8 Å². The molecule has 5 heteroatoms. The van der Waals surface area contributed by atoms with Gasteiger partial charge in [0.1, 0.15) is 17.6 Å². The van der Waals surface area contributed by atoms with E-state index in [0.717, 1.165) is 36.7 Å². The van der Waals surface area contributed by atoms with E-state index >= 15 is 0 Å². The Morgan fingerprint density at radius 1 is 0.974 bits per heavy atom. The van der Waals surface area contributed by atoms with E-state index in [-0.39, 0.29) is 12.0 Å². The maximum Gasteiger partial charge on any atom is 0.304 e. The van der Waals surface area contributed by atoms with Gasteiger partial charge in [-0.2, -0.15) is 0 Å². The first kappa shape index (κ1) is 24.9. The van der Waals surface area contributed by atoms with Crippen LogP contribution in [0.5, 0.6) is 11.5 Å². The second-order valence-electron chi connectivity index (χ2n) is 11.6. The van der Waals surface area contributed by atoms with Gasteiger partial charge in [0.25, 0.3) is 0 Å². The van der Waals surface area contributed by atoms with Crippen molar-refractivity contribution >= 4 is 12.0 Å². The van der Waals surface area contributed by atoms with Gasteiger partial charge >= 0.3 is 5.97 Å². The minimum atomic E-state index is -2.14. The molecule has 0 spiro atoms. The molecule has 3 aromatic rings. The number of ether oxygens (including phenoxy) is 2. The molecule has 0 aromatic heterocycles. The van der Waals surface area contributed by atoms with Crippen LogP contribution in [0.2, 0.25) is 0 Å². The summed E-state index contributed by atoms with van der Waals surface area (Å²) in [6.07, 6.45) is 8.32. The zero-order chi connectivity index (χ0) is 26.3. The number of carbonyl (C=O) groups excluding carboxylic acids is 1. The molecule has 6 rings (SSSR count). The lowest BCUT2D eigenvalue weighted by atomic mass is 9.83. The average Bonchev–Trinajstić information content (AvgIpc) is 3.49. The molecule has 0 radical (unpaired) electrons. The molecule has 3 aromatic carbocycles. The lowest BCUT2D eigenvalue weighted by Gasteiger charge is -2.44. The molecular formula is C33H35NO4. The molecular weight excluding hydrogens is 474 g/mol. The first-order valence-electron chi connectivity index (χ1n) is 13.7. The van der Waals surface area contributed by atoms with Crippen molar-refractivity contribution in [3.8, 4) is 11.5 Å². The monoisotopic (exact) mass is 509 g/mol. The van der Waals surface area contributed by atoms with Gasteiger partial charge in [-0.3, -0.25) is 4.79 Å². The minimum Gasteiger partial charge on any atom is -0.834 e. The number of para-hydroxylation sites is 2. The summed E-state index contributed by atoms with van der Waals surface area (Å²) in [7, 11) is 4.58. The lowest BCUT2D eigenvalue weighted by Crippen LogP contribution is -2.54. The molecule has 3 unspecified atom stereocenters. The van der Waals surface area contributed by atoms with Crippen LogP contribution >= 0.6 is 0 Å². The van der Waals surface area contributed by atoms with E-state index in [1.54, 1.807) is 36.4 Å². The zero-order valence-corrected chi connectivity index (χ0v) is 22.1. The SMILES string of the molecule is C[N+](C)(CC/C=C/c1ccccc1)[C@H]1CC2CCC1C2OC(=O)C1([O-])c2ccccc2Oc2ccccc21. The summed E-state index contributed by atoms with van der Waals surface area (Å²) in [6.45, 7) is 1.02. The number of nitrogens with zero attached hydrogens (tertiary/aromatic N) is 1. The molecule has 4 atom stereocenters. The third kappa shape index (κ3) is 4.24. The summed E-state index contributed by atoms with van der Waals surface area (Å²) >= 11 is 0. The van der Waals surface area contributed by atoms with Crippen molar-refractivity contribution in [2.45, 2.75) is 43.4 Å². The van der Waals surface area contributed by atoms with E-state index in [1.807, 2.05) is 18.2 Å². The Morgan fingerprint density at radius 2 is 1.61 bits per heavy atom. The number of esters is 1. The van der Waals surface area contributed by atoms with Gasteiger partial charge in [-0.05, 0) is 30.5 Å². The maximum atomic E-state index is 14.5. The number of hydrogen-bond acceptors (Lipinski definition) is 4. The van der Waals surface area contributed by atoms with Crippen LogP contribution in [0.25, 0.3) is 6.08 Å². The van der Waals surface area contributed by atoms with Crippen molar-refractivity contribution in [1.29, 1.82) is 0 Å². The molecule has 38 heavy (non-hydrogen) atoms. The third-order valence-corrected chi connectivity index (χ3v) is 8.96. The smallest absolute Gasteiger partial charge is 0.304 e. The van der Waals surface area contributed by atoms with Crippen LogP contribution in [0, 0.1) is 11.8 Å². The van der Waals surface area contributed by atoms with Gasteiger partial charge in [-0.1, -0.05) is 78.9 Å². The Labute approximate surface area is 224 Å². The summed E-state index contributed by atoms with van der Waals surface area (Å²) in [4.78, 5) is 13.8. The first-order valence-corrected chi connectivity index (χ1v) is 13.7. The van der Waals surface area contributed by atoms with Gasteiger partial charge < -0.3 is 19.1 Å². The van der Waals surface area contributed by atoms with E-state index in [4.69, 9.17) is 9.47 Å². The highest BCUT2D eigenvalue weighted by molar-refractivity contribution is 5.88. The molecule has 0 saturated heterocycles. The summed E-state index contributed by atoms with van der Waals surface area (Å²) in [6, 6.07) is 24.8. The summed E-state index contributed by atoms with van der Waals surface area (Å²) in [5.74, 6) is 0.712. The highest BCUT2D eigenvalue weighted by atomic mass is 16.6. The lowest BCUT2D eigenvalue weighted by molar-refractivity contribution is -0.918. The Kier molecular flexibility index (Phi) is 6.37. The normalized spacial score (nSPS) is 25.0. The Morgan fingerprint density at radius 3 is 2.29 bits per heavy atom. The summed E-state index contributed by atoms with van der Waals surface area (Å²) in [5, 5.41) is 14.5. The van der Waals surface area contributed by atoms with Crippen molar-refractivity contribution < 1.29 is 23.9 Å². The van der Waals surface area contributed by atoms with E-state index in [9.17, 15) is 9.90 Å². The van der Waals surface area contributed by atoms with Crippen LogP contribution in [0.4, 0.5) is 0 Å². The van der Waals surface area contributed by atoms with Crippen LogP contribution < -0.4 is 9.84 Å². The number of carbonyl (C=O) groups is 1. The van der Waals surface area contributed by atoms with Crippen molar-refractivity contribution in [2.75, 3.05) is 20.6 Å². The molecule has 5 nitrogen and oxygen atoms in total. The van der Waals surface area contributed by atoms with Gasteiger partial charge in [0.15, 0.2) is 0 Å². The van der Waals surface area contributed by atoms with Crippen molar-refractivity contribution in [1.82, 2.24) is 0 Å². The molecule has 196 valence electrons. The maximum absolute atomic E-state index is 14.5. The van der Waals surface area contributed by atoms with Crippen LogP contribution in [0.3, 0.4) is 0 Å². The number of fused-ring (bicyclic) bond motifs is 4. The number of benzene rings is 3. The predicted octanol–water partition coefficient (Wildman–Crippen LogP) is 5.29. The highest BCUT2D eigenvalue weighted by Gasteiger charge is 2.56. The molecule has 1 heterocycles. The second kappa shape index (κ2) is 9.72. The van der Waals surface area contributed by atoms with Crippen LogP contribution in [-0.4, -0.2) is 43.2 Å². The van der Waals surface area contributed by atoms with Crippen molar-refractivity contribution in [3.63, 3.8) is 0 Å². The standard InChI is InChI=1S/C33H35NO4/c1-34(2,21-11-10-14-23-12-4-3-5-13-23)28-22-24-19-20-25(28)31(24)38-32(35)33(36)26-15-6-8-17-29(26)37-30-18-9-7-16-27(30)33/h3-10,12-18,24-25,28,31H,11,19-22H2,1-2H3/b14-10+/t24?,25?,28-,31?/m0/s1. The Hall–Kier alpha value is -3.41. The van der Waals surface area contributed by atoms with E-state index in [1.165, 1.54) is 5.56 Å². The first-order chi connectivity index (χ1) is 18.4. The molecule has 2 fully saturated rings. The van der Waals surface area contributed by atoms with Crippen LogP contribution in [0.1, 0.15) is 42.4 Å². The average molecular weight is 510 g/mol. The fraction of sp³-hybridized carbons (Fsp3) is 0.364. The quantitative estimate of drug-likeness (QED) is 0.321. The largest absolute Gasteiger partial charge is 0.834 e. The Balaban J connectivity index is 1.18. The van der Waals surface area contributed by atoms with Gasteiger partial charge in [-0.25, -0.2) is 0 Å². The van der Waals surface area contributed by atoms with E-state index in [2.05, 4.69) is 50.5 Å². The van der Waals surface area contributed by atoms with Gasteiger partial charge in [-0.15, -0.1) is 0 Å². The fourth-order valence-electron chi connectivity index (χ4n) is 6.96. The number of hydrogen-bond donors (Lipinski definition) is 0. The predicted molar refractivity (Wildman–Crippen MR) is 145 cm³/mol. The fourth-order valence-corrected chi connectivity index (χ4v) is 6.96. The van der Waals surface area contributed by atoms with Gasteiger partial charge in [0.2, 0.25) is 0 Å². The topological polar surface area (TPSA) is 58.6 Å². The molecule has 2 aliphatic carbocycles. The molecule has 0 N–H and O–H groups in total. The number of quaternary nitrogens is 1. The van der Waals surface area contributed by atoms with Gasteiger partial charge in [0.05, 0.1) is 26.7 Å². The van der Waals surface area contributed by atoms with E-state index < -0.39 is 11.6 Å². The molecule has 1 aliphatic heterocycles. The summed E-state index contributed by atoms with van der Waals surface area (Å²) in [5.41, 5.74) is -0.276. The van der Waals surface area contributed by atoms with Crippen LogP contribution in [0.15, 0.2) is 84.9 Å². The highest BCUT2D eigenvalue weighted by Crippen LogP contribution is 2.51. The minimum absolute atomic E-state index is 0.210.